The van der Waals surface area contributed by atoms with E-state index in [2.05, 4.69) is 42.4 Å². The third kappa shape index (κ3) is 4.84. The number of nitrogens with two attached hydrogens (primary N) is 1. The van der Waals surface area contributed by atoms with Crippen molar-refractivity contribution in [2.45, 2.75) is 59.7 Å². The van der Waals surface area contributed by atoms with Crippen LogP contribution in [0.1, 0.15) is 37.8 Å². The van der Waals surface area contributed by atoms with Gasteiger partial charge in [-0.2, -0.15) is 0 Å². The lowest BCUT2D eigenvalue weighted by molar-refractivity contribution is 0.495. The molecule has 0 aliphatic carbocycles. The molecule has 0 radical (unpaired) electrons. The zero-order valence-corrected chi connectivity index (χ0v) is 23.6. The average molecular weight is 537 g/mol. The highest BCUT2D eigenvalue weighted by molar-refractivity contribution is 5.92. The van der Waals surface area contributed by atoms with Crippen molar-refractivity contribution in [3.05, 3.63) is 81.8 Å². The van der Waals surface area contributed by atoms with Gasteiger partial charge in [0.25, 0.3) is 5.56 Å². The molecule has 4 heterocycles. The van der Waals surface area contributed by atoms with E-state index >= 15 is 0 Å². The molecule has 2 aliphatic rings. The molecule has 0 spiro atoms. The van der Waals surface area contributed by atoms with Gasteiger partial charge in [0.15, 0.2) is 0 Å². The van der Waals surface area contributed by atoms with Gasteiger partial charge in [-0.1, -0.05) is 41.5 Å². The van der Waals surface area contributed by atoms with Crippen molar-refractivity contribution in [1.29, 1.82) is 0 Å². The zero-order chi connectivity index (χ0) is 28.0. The maximum Gasteiger partial charge on any atom is 0.277 e. The Kier molecular flexibility index (Phi) is 6.80. The Morgan fingerprint density at radius 2 is 1.98 bits per heavy atom. The summed E-state index contributed by atoms with van der Waals surface area (Å²) in [7, 11) is 0. The van der Waals surface area contributed by atoms with E-state index in [1.807, 2.05) is 49.5 Å². The Labute approximate surface area is 234 Å². The molecule has 0 bridgehead atoms. The van der Waals surface area contributed by atoms with Crippen LogP contribution in [0, 0.1) is 13.8 Å². The van der Waals surface area contributed by atoms with Crippen molar-refractivity contribution in [2.75, 3.05) is 18.0 Å². The fourth-order valence-electron chi connectivity index (χ4n) is 5.66. The van der Waals surface area contributed by atoms with Crippen LogP contribution in [0.2, 0.25) is 0 Å². The number of pyridine rings is 1. The quantitative estimate of drug-likeness (QED) is 0.340. The van der Waals surface area contributed by atoms with Crippen molar-refractivity contribution in [1.82, 2.24) is 14.1 Å². The zero-order valence-electron chi connectivity index (χ0n) is 23.6. The van der Waals surface area contributed by atoms with Crippen LogP contribution < -0.4 is 20.9 Å². The number of hydrogen-bond donors (Lipinski definition) is 1. The standard InChI is InChI=1S/C32H36N6O2/c1-20(2)13-15-38-30-29(35-32(38)36-14-7-8-23(33)18-36)22(4)17-37(31(30)39)19-28-34-26-12-11-21(3)16-25(26)24-9-5-6-10-27(24)40-28/h5-6,9-13,16-17,23H,7-8,14-15,18-19,33H2,1-4H3. The summed E-state index contributed by atoms with van der Waals surface area (Å²) < 4.78 is 10.1. The van der Waals surface area contributed by atoms with E-state index in [-0.39, 0.29) is 18.1 Å². The van der Waals surface area contributed by atoms with Gasteiger partial charge in [0, 0.05) is 43.0 Å². The number of hydrogen-bond acceptors (Lipinski definition) is 6. The average Bonchev–Trinajstić information content (AvgIpc) is 3.25. The van der Waals surface area contributed by atoms with Crippen LogP contribution in [0.3, 0.4) is 0 Å². The monoisotopic (exact) mass is 536 g/mol. The summed E-state index contributed by atoms with van der Waals surface area (Å²) >= 11 is 0. The van der Waals surface area contributed by atoms with E-state index in [4.69, 9.17) is 20.4 Å². The van der Waals surface area contributed by atoms with E-state index in [0.717, 1.165) is 71.1 Å². The first-order valence-corrected chi connectivity index (χ1v) is 14.0. The van der Waals surface area contributed by atoms with Gasteiger partial charge in [0.1, 0.15) is 23.3 Å². The summed E-state index contributed by atoms with van der Waals surface area (Å²) in [5.41, 5.74) is 13.6. The summed E-state index contributed by atoms with van der Waals surface area (Å²) in [6.07, 6.45) is 6.02. The first-order valence-electron chi connectivity index (χ1n) is 14.0. The number of aliphatic imine (C=N–C) groups is 1. The number of aryl methyl sites for hydroxylation is 2. The number of rotatable bonds is 5. The van der Waals surface area contributed by atoms with Crippen molar-refractivity contribution in [2.24, 2.45) is 10.7 Å². The lowest BCUT2D eigenvalue weighted by atomic mass is 10.0. The van der Waals surface area contributed by atoms with Gasteiger partial charge in [-0.15, -0.1) is 0 Å². The molecule has 0 amide bonds. The molecule has 1 saturated heterocycles. The molecule has 40 heavy (non-hydrogen) atoms. The summed E-state index contributed by atoms with van der Waals surface area (Å²) in [6, 6.07) is 14.2. The lowest BCUT2D eigenvalue weighted by Gasteiger charge is -2.31. The number of anilines is 1. The molecule has 2 aromatic heterocycles. The highest BCUT2D eigenvalue weighted by Crippen LogP contribution is 2.39. The maximum atomic E-state index is 14.1. The van der Waals surface area contributed by atoms with Crippen LogP contribution in [0.15, 0.2) is 70.1 Å². The van der Waals surface area contributed by atoms with Gasteiger partial charge in [-0.05, 0) is 64.3 Å². The van der Waals surface area contributed by atoms with Gasteiger partial charge in [-0.3, -0.25) is 4.79 Å². The molecule has 2 N–H and O–H groups in total. The minimum Gasteiger partial charge on any atom is -0.440 e. The molecule has 0 saturated carbocycles. The summed E-state index contributed by atoms with van der Waals surface area (Å²) in [5, 5.41) is 0. The van der Waals surface area contributed by atoms with Crippen LogP contribution in [-0.2, 0) is 13.1 Å². The van der Waals surface area contributed by atoms with Crippen LogP contribution in [-0.4, -0.2) is 39.1 Å². The summed E-state index contributed by atoms with van der Waals surface area (Å²) in [6.45, 7) is 10.6. The van der Waals surface area contributed by atoms with E-state index in [1.54, 1.807) is 4.57 Å². The van der Waals surface area contributed by atoms with Crippen molar-refractivity contribution < 1.29 is 4.74 Å². The number of nitrogens with zero attached hydrogens (tertiary/aromatic N) is 5. The van der Waals surface area contributed by atoms with Crippen molar-refractivity contribution >= 4 is 28.6 Å². The molecule has 4 aromatic rings. The molecule has 8 nitrogen and oxygen atoms in total. The van der Waals surface area contributed by atoms with E-state index in [1.165, 1.54) is 5.57 Å². The Bertz CT molecular complexity index is 1720. The predicted molar refractivity (Wildman–Crippen MR) is 162 cm³/mol. The van der Waals surface area contributed by atoms with Crippen LogP contribution in [0.25, 0.3) is 22.2 Å². The number of fused-ring (bicyclic) bond motifs is 4. The molecule has 1 atom stereocenters. The highest BCUT2D eigenvalue weighted by Gasteiger charge is 2.26. The third-order valence-corrected chi connectivity index (χ3v) is 7.66. The van der Waals surface area contributed by atoms with E-state index in [0.29, 0.717) is 18.0 Å². The van der Waals surface area contributed by atoms with Crippen LogP contribution in [0.4, 0.5) is 11.6 Å². The first kappa shape index (κ1) is 26.1. The van der Waals surface area contributed by atoms with Crippen molar-refractivity contribution in [3.63, 3.8) is 0 Å². The third-order valence-electron chi connectivity index (χ3n) is 7.66. The Balaban J connectivity index is 1.47. The van der Waals surface area contributed by atoms with E-state index in [9.17, 15) is 4.79 Å². The van der Waals surface area contributed by atoms with Gasteiger partial charge in [0.05, 0.1) is 5.69 Å². The number of para-hydroxylation sites is 1. The van der Waals surface area contributed by atoms with Gasteiger partial charge in [-0.25, -0.2) is 9.98 Å². The van der Waals surface area contributed by atoms with Crippen LogP contribution in [0.5, 0.6) is 5.75 Å². The molecular weight excluding hydrogens is 500 g/mol. The van der Waals surface area contributed by atoms with Crippen LogP contribution >= 0.6 is 0 Å². The highest BCUT2D eigenvalue weighted by atomic mass is 16.5. The second kappa shape index (κ2) is 10.4. The smallest absolute Gasteiger partial charge is 0.277 e. The largest absolute Gasteiger partial charge is 0.440 e. The maximum absolute atomic E-state index is 14.1. The fraction of sp³-hybridized carbons (Fsp3) is 0.344. The summed E-state index contributed by atoms with van der Waals surface area (Å²) in [4.78, 5) is 26.3. The number of aromatic nitrogens is 3. The minimum atomic E-state index is -0.115. The first-order chi connectivity index (χ1) is 19.3. The SMILES string of the molecule is CC(C)=CCn1c(N2CCCC(N)C2)nc2c(C)cn(CC3=Nc4ccc(C)cc4-c4ccccc4O3)c(=O)c21. The number of allylic oxidation sites excluding steroid dienone is 2. The molecular formula is C32H36N6O2. The summed E-state index contributed by atoms with van der Waals surface area (Å²) in [5.74, 6) is 2.00. The topological polar surface area (TPSA) is 90.7 Å². The van der Waals surface area contributed by atoms with E-state index < -0.39 is 0 Å². The molecule has 206 valence electrons. The second-order valence-electron chi connectivity index (χ2n) is 11.2. The normalized spacial score (nSPS) is 16.6. The molecule has 2 aliphatic heterocycles. The van der Waals surface area contributed by atoms with Gasteiger partial charge >= 0.3 is 0 Å². The van der Waals surface area contributed by atoms with Gasteiger partial charge < -0.3 is 24.5 Å². The molecule has 2 aromatic carbocycles. The molecule has 1 unspecified atom stereocenters. The molecule has 1 fully saturated rings. The Morgan fingerprint density at radius 1 is 1.15 bits per heavy atom. The molecule has 6 rings (SSSR count). The fourth-order valence-corrected chi connectivity index (χ4v) is 5.66. The molecule has 8 heteroatoms. The van der Waals surface area contributed by atoms with Gasteiger partial charge in [0.2, 0.25) is 11.8 Å². The Hall–Kier alpha value is -4.17. The number of benzene rings is 2. The Morgan fingerprint density at radius 3 is 2.77 bits per heavy atom. The number of ether oxygens (including phenoxy) is 1. The number of piperidine rings is 1. The minimum absolute atomic E-state index is 0.100. The lowest BCUT2D eigenvalue weighted by Crippen LogP contribution is -2.44. The second-order valence-corrected chi connectivity index (χ2v) is 11.2. The predicted octanol–water partition coefficient (Wildman–Crippen LogP) is 5.50. The van der Waals surface area contributed by atoms with Crippen molar-refractivity contribution in [3.8, 4) is 16.9 Å². The number of imidazole rings is 1.